The van der Waals surface area contributed by atoms with Gasteiger partial charge in [0.15, 0.2) is 0 Å². The highest BCUT2D eigenvalue weighted by Gasteiger charge is 2.63. The van der Waals surface area contributed by atoms with Gasteiger partial charge in [-0.1, -0.05) is 12.1 Å². The molecule has 3 heterocycles. The molecule has 5 heteroatoms. The molecule has 1 N–H and O–H groups in total. The second kappa shape index (κ2) is 8.61. The van der Waals surface area contributed by atoms with Crippen LogP contribution in [0.2, 0.25) is 0 Å². The number of aryl methyl sites for hydroxylation is 1. The first-order valence-electron chi connectivity index (χ1n) is 13.3. The first-order valence-corrected chi connectivity index (χ1v) is 13.3. The average Bonchev–Trinajstić information content (AvgIpc) is 3.66. The average molecular weight is 462 g/mol. The predicted octanol–water partition coefficient (Wildman–Crippen LogP) is 3.75. The molecule has 3 atom stereocenters. The Morgan fingerprint density at radius 1 is 1.09 bits per heavy atom. The number of ether oxygens (including phenoxy) is 1. The van der Waals surface area contributed by atoms with Gasteiger partial charge < -0.3 is 14.7 Å². The van der Waals surface area contributed by atoms with Crippen molar-refractivity contribution in [3.8, 4) is 5.75 Å². The molecule has 5 nitrogen and oxygen atoms in total. The van der Waals surface area contributed by atoms with Gasteiger partial charge in [0.2, 0.25) is 0 Å². The lowest BCUT2D eigenvalue weighted by molar-refractivity contribution is -0.149. The van der Waals surface area contributed by atoms with Crippen LogP contribution in [-0.2, 0) is 18.3 Å². The largest absolute Gasteiger partial charge is 0.497 e. The Hall–Kier alpha value is -1.95. The minimum absolute atomic E-state index is 0.184. The Kier molecular flexibility index (Phi) is 5.70. The Bertz CT molecular complexity index is 1050. The lowest BCUT2D eigenvalue weighted by Crippen LogP contribution is -2.71. The summed E-state index contributed by atoms with van der Waals surface area (Å²) < 4.78 is 5.65. The summed E-state index contributed by atoms with van der Waals surface area (Å²) in [6, 6.07) is 13.2. The number of pyridine rings is 1. The Balaban J connectivity index is 1.31. The Morgan fingerprint density at radius 2 is 1.91 bits per heavy atom. The van der Waals surface area contributed by atoms with Crippen molar-refractivity contribution in [3.63, 3.8) is 0 Å². The minimum atomic E-state index is -0.685. The van der Waals surface area contributed by atoms with Crippen LogP contribution in [-0.4, -0.2) is 71.4 Å². The zero-order chi connectivity index (χ0) is 23.3. The SMILES string of the molecule is COc1ccc2c(c1)C13CCN(CCc4cccc(C)n4)CCC1(O)C(C2)N(CC1CC1)CC3. The number of likely N-dealkylation sites (tertiary alicyclic amines) is 2. The smallest absolute Gasteiger partial charge is 0.119 e. The van der Waals surface area contributed by atoms with Crippen LogP contribution in [0, 0.1) is 12.8 Å². The molecular weight excluding hydrogens is 422 g/mol. The number of fused-ring (bicyclic) bond motifs is 1. The van der Waals surface area contributed by atoms with Crippen LogP contribution in [0.4, 0.5) is 0 Å². The summed E-state index contributed by atoms with van der Waals surface area (Å²) in [5.74, 6) is 1.76. The van der Waals surface area contributed by atoms with Crippen LogP contribution in [0.1, 0.15) is 54.6 Å². The number of piperidine rings is 1. The molecule has 1 saturated carbocycles. The molecular formula is C29H39N3O2. The molecule has 2 aliphatic heterocycles. The fourth-order valence-electron chi connectivity index (χ4n) is 7.26. The summed E-state index contributed by atoms with van der Waals surface area (Å²) in [5, 5.41) is 12.7. The number of nitrogens with zero attached hydrogens (tertiary/aromatic N) is 3. The molecule has 1 aromatic heterocycles. The highest BCUT2D eigenvalue weighted by molar-refractivity contribution is 5.48. The van der Waals surface area contributed by atoms with Gasteiger partial charge >= 0.3 is 0 Å². The Labute approximate surface area is 204 Å². The molecule has 3 unspecified atom stereocenters. The molecule has 6 rings (SSSR count). The van der Waals surface area contributed by atoms with Crippen LogP contribution >= 0.6 is 0 Å². The van der Waals surface area contributed by atoms with E-state index < -0.39 is 5.60 Å². The van der Waals surface area contributed by atoms with Crippen molar-refractivity contribution in [2.24, 2.45) is 5.92 Å². The van der Waals surface area contributed by atoms with E-state index in [9.17, 15) is 5.11 Å². The van der Waals surface area contributed by atoms with Gasteiger partial charge in [-0.3, -0.25) is 9.88 Å². The van der Waals surface area contributed by atoms with Crippen molar-refractivity contribution in [2.45, 2.75) is 68.9 Å². The van der Waals surface area contributed by atoms with Gasteiger partial charge in [0.1, 0.15) is 5.75 Å². The van der Waals surface area contributed by atoms with Gasteiger partial charge in [0, 0.05) is 48.9 Å². The fourth-order valence-corrected chi connectivity index (χ4v) is 7.26. The number of benzene rings is 1. The van der Waals surface area contributed by atoms with Crippen molar-refractivity contribution in [2.75, 3.05) is 39.8 Å². The van der Waals surface area contributed by atoms with Crippen LogP contribution < -0.4 is 4.74 Å². The summed E-state index contributed by atoms with van der Waals surface area (Å²) in [7, 11) is 1.75. The standard InChI is InChI=1S/C29H39N3O2/c1-21-4-3-5-24(30-21)10-14-31-15-11-28-12-17-32(20-22-6-7-22)27(29(28,33)13-16-31)18-23-8-9-25(34-2)19-26(23)28/h3-5,8-9,19,22,27,33H,6-7,10-18,20H2,1-2H3. The maximum absolute atomic E-state index is 12.7. The Morgan fingerprint density at radius 3 is 2.71 bits per heavy atom. The number of aromatic nitrogens is 1. The van der Waals surface area contributed by atoms with Crippen molar-refractivity contribution < 1.29 is 9.84 Å². The summed E-state index contributed by atoms with van der Waals surface area (Å²) in [6.45, 7) is 7.32. The van der Waals surface area contributed by atoms with Crippen molar-refractivity contribution in [1.82, 2.24) is 14.8 Å². The fraction of sp³-hybridized carbons (Fsp3) is 0.621. The number of rotatable bonds is 6. The van der Waals surface area contributed by atoms with Gasteiger partial charge in [0.25, 0.3) is 0 Å². The molecule has 2 aliphatic carbocycles. The highest BCUT2D eigenvalue weighted by Crippen LogP contribution is 2.56. The van der Waals surface area contributed by atoms with Crippen LogP contribution in [0.25, 0.3) is 0 Å². The van der Waals surface area contributed by atoms with Crippen LogP contribution in [0.5, 0.6) is 5.75 Å². The number of hydrogen-bond donors (Lipinski definition) is 1. The lowest BCUT2D eigenvalue weighted by atomic mass is 9.52. The van der Waals surface area contributed by atoms with Crippen LogP contribution in [0.3, 0.4) is 0 Å². The zero-order valence-corrected chi connectivity index (χ0v) is 20.8. The summed E-state index contributed by atoms with van der Waals surface area (Å²) in [6.07, 6.45) is 7.55. The van der Waals surface area contributed by atoms with E-state index in [1.54, 1.807) is 7.11 Å². The van der Waals surface area contributed by atoms with Crippen LogP contribution in [0.15, 0.2) is 36.4 Å². The lowest BCUT2D eigenvalue weighted by Gasteiger charge is -2.61. The first kappa shape index (κ1) is 22.5. The van der Waals surface area contributed by atoms with E-state index in [0.29, 0.717) is 0 Å². The van der Waals surface area contributed by atoms with E-state index >= 15 is 0 Å². The maximum atomic E-state index is 12.7. The third-order valence-electron chi connectivity index (χ3n) is 9.38. The number of hydrogen-bond acceptors (Lipinski definition) is 5. The van der Waals surface area contributed by atoms with E-state index in [1.807, 2.05) is 0 Å². The van der Waals surface area contributed by atoms with Crippen molar-refractivity contribution in [3.05, 3.63) is 58.9 Å². The highest BCUT2D eigenvalue weighted by atomic mass is 16.5. The third-order valence-corrected chi connectivity index (χ3v) is 9.38. The summed E-state index contributed by atoms with van der Waals surface area (Å²) in [5.41, 5.74) is 4.17. The van der Waals surface area contributed by atoms with Gasteiger partial charge in [-0.25, -0.2) is 0 Å². The quantitative estimate of drug-likeness (QED) is 0.710. The summed E-state index contributed by atoms with van der Waals surface area (Å²) >= 11 is 0. The minimum Gasteiger partial charge on any atom is -0.497 e. The predicted molar refractivity (Wildman–Crippen MR) is 134 cm³/mol. The summed E-state index contributed by atoms with van der Waals surface area (Å²) in [4.78, 5) is 9.96. The van der Waals surface area contributed by atoms with Gasteiger partial charge in [-0.05, 0) is 99.8 Å². The monoisotopic (exact) mass is 461 g/mol. The third kappa shape index (κ3) is 3.77. The number of aliphatic hydroxyl groups is 1. The molecule has 2 aromatic rings. The van der Waals surface area contributed by atoms with Gasteiger partial charge in [-0.2, -0.15) is 0 Å². The molecule has 182 valence electrons. The molecule has 2 bridgehead atoms. The molecule has 34 heavy (non-hydrogen) atoms. The van der Waals surface area contributed by atoms with E-state index in [1.165, 1.54) is 29.7 Å². The second-order valence-corrected chi connectivity index (χ2v) is 11.3. The van der Waals surface area contributed by atoms with Gasteiger partial charge in [-0.15, -0.1) is 0 Å². The zero-order valence-electron chi connectivity index (χ0n) is 20.8. The van der Waals surface area contributed by atoms with Crippen molar-refractivity contribution >= 4 is 0 Å². The molecule has 3 fully saturated rings. The van der Waals surface area contributed by atoms with E-state index in [-0.39, 0.29) is 11.5 Å². The molecule has 2 saturated heterocycles. The first-order chi connectivity index (χ1) is 16.5. The molecule has 0 amide bonds. The van der Waals surface area contributed by atoms with E-state index in [0.717, 1.165) is 82.2 Å². The normalized spacial score (nSPS) is 31.4. The topological polar surface area (TPSA) is 48.8 Å². The van der Waals surface area contributed by atoms with Crippen molar-refractivity contribution in [1.29, 1.82) is 0 Å². The van der Waals surface area contributed by atoms with Gasteiger partial charge in [0.05, 0.1) is 12.7 Å². The molecule has 0 spiro atoms. The molecule has 4 aliphatic rings. The maximum Gasteiger partial charge on any atom is 0.119 e. The van der Waals surface area contributed by atoms with E-state index in [4.69, 9.17) is 9.72 Å². The second-order valence-electron chi connectivity index (χ2n) is 11.3. The molecule has 0 radical (unpaired) electrons. The van der Waals surface area contributed by atoms with E-state index in [2.05, 4.69) is 53.1 Å². The molecule has 1 aromatic carbocycles. The number of methoxy groups -OCH3 is 1.